The maximum Gasteiger partial charge on any atom is 0.313 e. The lowest BCUT2D eigenvalue weighted by Crippen LogP contribution is -2.43. The number of rotatable bonds is 1. The van der Waals surface area contributed by atoms with Crippen molar-refractivity contribution in [2.45, 2.75) is 27.1 Å². The maximum atomic E-state index is 11.5. The van der Waals surface area contributed by atoms with Crippen LogP contribution in [0, 0.1) is 5.41 Å². The number of carbonyl (C=O) groups excluding carboxylic acids is 1. The minimum absolute atomic E-state index is 0.210. The highest BCUT2D eigenvalue weighted by Crippen LogP contribution is 2.17. The van der Waals surface area contributed by atoms with Crippen molar-refractivity contribution in [3.63, 3.8) is 0 Å². The van der Waals surface area contributed by atoms with Crippen LogP contribution in [0.5, 0.6) is 0 Å². The molecule has 1 fully saturated rings. The van der Waals surface area contributed by atoms with Crippen LogP contribution in [0.25, 0.3) is 0 Å². The molecule has 4 nitrogen and oxygen atoms in total. The van der Waals surface area contributed by atoms with Gasteiger partial charge in [0.1, 0.15) is 0 Å². The SMILES string of the molecule is CN1CCOC(OC(=O)C(C)(C)C)C1. The Balaban J connectivity index is 2.40. The Labute approximate surface area is 85.2 Å². The first kappa shape index (κ1) is 11.5. The Hall–Kier alpha value is -0.610. The highest BCUT2D eigenvalue weighted by atomic mass is 16.7. The van der Waals surface area contributed by atoms with Crippen molar-refractivity contribution in [1.82, 2.24) is 4.90 Å². The molecule has 0 aromatic carbocycles. The summed E-state index contributed by atoms with van der Waals surface area (Å²) in [4.78, 5) is 13.6. The van der Waals surface area contributed by atoms with E-state index in [1.54, 1.807) is 0 Å². The first-order valence-corrected chi connectivity index (χ1v) is 4.91. The summed E-state index contributed by atoms with van der Waals surface area (Å²) in [6, 6.07) is 0. The van der Waals surface area contributed by atoms with Crippen LogP contribution in [0.15, 0.2) is 0 Å². The van der Waals surface area contributed by atoms with Gasteiger partial charge in [0.25, 0.3) is 0 Å². The Bertz CT molecular complexity index is 210. The first-order valence-electron chi connectivity index (χ1n) is 4.91. The van der Waals surface area contributed by atoms with E-state index in [9.17, 15) is 4.79 Å². The quantitative estimate of drug-likeness (QED) is 0.590. The smallest absolute Gasteiger partial charge is 0.313 e. The topological polar surface area (TPSA) is 38.8 Å². The average molecular weight is 201 g/mol. The minimum Gasteiger partial charge on any atom is -0.434 e. The van der Waals surface area contributed by atoms with Crippen LogP contribution in [0.3, 0.4) is 0 Å². The first-order chi connectivity index (χ1) is 6.39. The van der Waals surface area contributed by atoms with Gasteiger partial charge in [0.2, 0.25) is 6.29 Å². The summed E-state index contributed by atoms with van der Waals surface area (Å²) in [5.74, 6) is -0.210. The number of hydrogen-bond acceptors (Lipinski definition) is 4. The largest absolute Gasteiger partial charge is 0.434 e. The number of hydrogen-bond donors (Lipinski definition) is 0. The normalized spacial score (nSPS) is 24.7. The fraction of sp³-hybridized carbons (Fsp3) is 0.900. The molecule has 1 aliphatic heterocycles. The lowest BCUT2D eigenvalue weighted by atomic mass is 9.97. The van der Waals surface area contributed by atoms with Gasteiger partial charge in [0.05, 0.1) is 18.6 Å². The molecule has 0 saturated carbocycles. The van der Waals surface area contributed by atoms with E-state index in [1.807, 2.05) is 27.8 Å². The summed E-state index contributed by atoms with van der Waals surface area (Å²) in [6.45, 7) is 7.68. The fourth-order valence-corrected chi connectivity index (χ4v) is 1.11. The second-order valence-electron chi connectivity index (χ2n) is 4.72. The van der Waals surface area contributed by atoms with E-state index in [2.05, 4.69) is 4.90 Å². The molecule has 0 N–H and O–H groups in total. The molecule has 1 saturated heterocycles. The number of ether oxygens (including phenoxy) is 2. The van der Waals surface area contributed by atoms with Crippen LogP contribution in [-0.4, -0.2) is 43.9 Å². The van der Waals surface area contributed by atoms with Crippen molar-refractivity contribution in [3.8, 4) is 0 Å². The second-order valence-corrected chi connectivity index (χ2v) is 4.72. The molecule has 1 atom stereocenters. The average Bonchev–Trinajstić information content (AvgIpc) is 2.02. The van der Waals surface area contributed by atoms with Gasteiger partial charge in [-0.3, -0.25) is 9.69 Å². The summed E-state index contributed by atoms with van der Waals surface area (Å²) >= 11 is 0. The summed E-state index contributed by atoms with van der Waals surface area (Å²) < 4.78 is 10.6. The van der Waals surface area contributed by atoms with Gasteiger partial charge in [-0.15, -0.1) is 0 Å². The Morgan fingerprint density at radius 1 is 1.50 bits per heavy atom. The number of morpholine rings is 1. The molecule has 0 aliphatic carbocycles. The van der Waals surface area contributed by atoms with Gasteiger partial charge in [-0.1, -0.05) is 0 Å². The molecule has 1 aliphatic rings. The highest BCUT2D eigenvalue weighted by Gasteiger charge is 2.28. The molecule has 0 aromatic rings. The van der Waals surface area contributed by atoms with Crippen LogP contribution in [0.4, 0.5) is 0 Å². The number of nitrogens with zero attached hydrogens (tertiary/aromatic N) is 1. The van der Waals surface area contributed by atoms with Gasteiger partial charge in [-0.2, -0.15) is 0 Å². The van der Waals surface area contributed by atoms with Gasteiger partial charge in [-0.25, -0.2) is 0 Å². The van der Waals surface area contributed by atoms with Crippen molar-refractivity contribution >= 4 is 5.97 Å². The molecule has 82 valence electrons. The van der Waals surface area contributed by atoms with E-state index in [1.165, 1.54) is 0 Å². The van der Waals surface area contributed by atoms with E-state index < -0.39 is 11.7 Å². The number of esters is 1. The zero-order valence-electron chi connectivity index (χ0n) is 9.37. The van der Waals surface area contributed by atoms with Crippen molar-refractivity contribution < 1.29 is 14.3 Å². The summed E-state index contributed by atoms with van der Waals surface area (Å²) in [5, 5.41) is 0. The summed E-state index contributed by atoms with van der Waals surface area (Å²) in [6.07, 6.45) is -0.402. The molecule has 0 spiro atoms. The molecule has 14 heavy (non-hydrogen) atoms. The Kier molecular flexibility index (Phi) is 3.50. The van der Waals surface area contributed by atoms with Gasteiger partial charge in [0, 0.05) is 6.54 Å². The zero-order valence-corrected chi connectivity index (χ0v) is 9.37. The molecule has 0 radical (unpaired) electrons. The highest BCUT2D eigenvalue weighted by molar-refractivity contribution is 5.75. The minimum atomic E-state index is -0.459. The van der Waals surface area contributed by atoms with Crippen LogP contribution in [-0.2, 0) is 14.3 Å². The maximum absolute atomic E-state index is 11.5. The Morgan fingerprint density at radius 2 is 2.14 bits per heavy atom. The van der Waals surface area contributed by atoms with Gasteiger partial charge < -0.3 is 9.47 Å². The van der Waals surface area contributed by atoms with Gasteiger partial charge >= 0.3 is 5.97 Å². The van der Waals surface area contributed by atoms with Crippen LogP contribution in [0.2, 0.25) is 0 Å². The summed E-state index contributed by atoms with van der Waals surface area (Å²) in [5.41, 5.74) is -0.459. The molecule has 1 rings (SSSR count). The molecular formula is C10H19NO3. The van der Waals surface area contributed by atoms with Crippen LogP contribution in [0.1, 0.15) is 20.8 Å². The van der Waals surface area contributed by atoms with Gasteiger partial charge in [0.15, 0.2) is 0 Å². The number of carbonyl (C=O) groups is 1. The van der Waals surface area contributed by atoms with E-state index in [-0.39, 0.29) is 5.97 Å². The standard InChI is InChI=1S/C10H19NO3/c1-10(2,3)9(12)14-8-7-11(4)5-6-13-8/h8H,5-7H2,1-4H3. The predicted octanol–water partition coefficient (Wildman–Crippen LogP) is 0.864. The molecule has 4 heteroatoms. The lowest BCUT2D eigenvalue weighted by Gasteiger charge is -2.31. The molecular weight excluding hydrogens is 182 g/mol. The molecule has 1 heterocycles. The zero-order chi connectivity index (χ0) is 10.8. The molecule has 0 aromatic heterocycles. The third kappa shape index (κ3) is 3.27. The number of likely N-dealkylation sites (N-methyl/N-ethyl adjacent to an activating group) is 1. The monoisotopic (exact) mass is 201 g/mol. The van der Waals surface area contributed by atoms with Gasteiger partial charge in [-0.05, 0) is 27.8 Å². The lowest BCUT2D eigenvalue weighted by molar-refractivity contribution is -0.200. The molecule has 0 bridgehead atoms. The fourth-order valence-electron chi connectivity index (χ4n) is 1.11. The molecule has 0 amide bonds. The van der Waals surface area contributed by atoms with Crippen molar-refractivity contribution in [1.29, 1.82) is 0 Å². The van der Waals surface area contributed by atoms with E-state index in [4.69, 9.17) is 9.47 Å². The van der Waals surface area contributed by atoms with E-state index in [0.717, 1.165) is 6.54 Å². The predicted molar refractivity (Wildman–Crippen MR) is 52.8 cm³/mol. The summed E-state index contributed by atoms with van der Waals surface area (Å²) in [7, 11) is 1.99. The van der Waals surface area contributed by atoms with Crippen molar-refractivity contribution in [3.05, 3.63) is 0 Å². The third-order valence-electron chi connectivity index (χ3n) is 2.09. The Morgan fingerprint density at radius 3 is 2.64 bits per heavy atom. The third-order valence-corrected chi connectivity index (χ3v) is 2.09. The van der Waals surface area contributed by atoms with Crippen molar-refractivity contribution in [2.75, 3.05) is 26.7 Å². The van der Waals surface area contributed by atoms with Crippen molar-refractivity contribution in [2.24, 2.45) is 5.41 Å². The second kappa shape index (κ2) is 4.28. The van der Waals surface area contributed by atoms with Crippen LogP contribution >= 0.6 is 0 Å². The van der Waals surface area contributed by atoms with E-state index >= 15 is 0 Å². The van der Waals surface area contributed by atoms with Crippen LogP contribution < -0.4 is 0 Å². The van der Waals surface area contributed by atoms with E-state index in [0.29, 0.717) is 13.2 Å². The molecule has 1 unspecified atom stereocenters.